The third-order valence-corrected chi connectivity index (χ3v) is 4.42. The normalized spacial score (nSPS) is 10.6. The van der Waals surface area contributed by atoms with Gasteiger partial charge in [0.15, 0.2) is 0 Å². The Balaban J connectivity index is 1.74. The van der Waals surface area contributed by atoms with Gasteiger partial charge in [0, 0.05) is 11.3 Å². The maximum Gasteiger partial charge on any atom is 0.255 e. The van der Waals surface area contributed by atoms with E-state index in [4.69, 9.17) is 13.9 Å². The number of methoxy groups -OCH3 is 1. The van der Waals surface area contributed by atoms with Gasteiger partial charge in [-0.25, -0.2) is 0 Å². The fourth-order valence-corrected chi connectivity index (χ4v) is 2.83. The molecule has 3 aromatic rings. The number of unbranched alkanes of at least 4 members (excludes halogenated alkanes) is 1. The number of carbonyl (C=O) groups excluding carboxylic acids is 1. The van der Waals surface area contributed by atoms with Gasteiger partial charge < -0.3 is 24.3 Å². The zero-order valence-electron chi connectivity index (χ0n) is 16.6. The minimum Gasteiger partial charge on any atom is -0.496 e. The molecule has 0 saturated carbocycles. The molecule has 0 saturated heterocycles. The summed E-state index contributed by atoms with van der Waals surface area (Å²) in [6.07, 6.45) is 2.07. The molecule has 0 aliphatic heterocycles. The number of ether oxygens (including phenoxy) is 2. The Bertz CT molecular complexity index is 946. The van der Waals surface area contributed by atoms with Gasteiger partial charge in [0.2, 0.25) is 0 Å². The maximum atomic E-state index is 12.6. The molecule has 1 aromatic heterocycles. The SMILES string of the molecule is CCCCOc1ccc(C(=O)Nc2ccc(OC)c(-c3ccc(CO)o3)c2)cc1. The van der Waals surface area contributed by atoms with Crippen LogP contribution < -0.4 is 14.8 Å². The quantitative estimate of drug-likeness (QED) is 0.505. The number of rotatable bonds is 9. The lowest BCUT2D eigenvalue weighted by Gasteiger charge is -2.11. The van der Waals surface area contributed by atoms with E-state index in [1.165, 1.54) is 0 Å². The van der Waals surface area contributed by atoms with Crippen LogP contribution in [0.5, 0.6) is 11.5 Å². The van der Waals surface area contributed by atoms with Crippen molar-refractivity contribution in [1.82, 2.24) is 0 Å². The van der Waals surface area contributed by atoms with E-state index in [2.05, 4.69) is 12.2 Å². The summed E-state index contributed by atoms with van der Waals surface area (Å²) < 4.78 is 16.6. The van der Waals surface area contributed by atoms with E-state index >= 15 is 0 Å². The van der Waals surface area contributed by atoms with Crippen LogP contribution in [0.2, 0.25) is 0 Å². The van der Waals surface area contributed by atoms with Crippen molar-refractivity contribution in [2.45, 2.75) is 26.4 Å². The van der Waals surface area contributed by atoms with E-state index in [-0.39, 0.29) is 12.5 Å². The van der Waals surface area contributed by atoms with Crippen LogP contribution in [-0.4, -0.2) is 24.7 Å². The predicted octanol–water partition coefficient (Wildman–Crippen LogP) is 4.88. The first-order chi connectivity index (χ1) is 14.1. The highest BCUT2D eigenvalue weighted by Gasteiger charge is 2.13. The molecule has 2 N–H and O–H groups in total. The second-order valence-electron chi connectivity index (χ2n) is 6.52. The van der Waals surface area contributed by atoms with Crippen LogP contribution in [0.15, 0.2) is 59.0 Å². The molecule has 1 amide bonds. The van der Waals surface area contributed by atoms with Crippen LogP contribution in [0.1, 0.15) is 35.9 Å². The van der Waals surface area contributed by atoms with Gasteiger partial charge in [-0.3, -0.25) is 4.79 Å². The molecule has 0 spiro atoms. The molecular formula is C23H25NO5. The summed E-state index contributed by atoms with van der Waals surface area (Å²) in [6.45, 7) is 2.59. The van der Waals surface area contributed by atoms with Crippen LogP contribution in [0, 0.1) is 0 Å². The lowest BCUT2D eigenvalue weighted by molar-refractivity contribution is 0.102. The van der Waals surface area contributed by atoms with Gasteiger partial charge >= 0.3 is 0 Å². The number of aliphatic hydroxyl groups is 1. The van der Waals surface area contributed by atoms with Crippen LogP contribution in [-0.2, 0) is 6.61 Å². The molecule has 1 heterocycles. The molecule has 0 radical (unpaired) electrons. The van der Waals surface area contributed by atoms with Crippen molar-refractivity contribution in [3.63, 3.8) is 0 Å². The lowest BCUT2D eigenvalue weighted by atomic mass is 10.1. The highest BCUT2D eigenvalue weighted by molar-refractivity contribution is 6.04. The van der Waals surface area contributed by atoms with Gasteiger partial charge in [-0.15, -0.1) is 0 Å². The Hall–Kier alpha value is -3.25. The smallest absolute Gasteiger partial charge is 0.255 e. The van der Waals surface area contributed by atoms with Gasteiger partial charge in [0.1, 0.15) is 29.6 Å². The molecule has 0 bridgehead atoms. The molecule has 0 atom stereocenters. The van der Waals surface area contributed by atoms with E-state index in [0.717, 1.165) is 18.6 Å². The molecule has 0 aliphatic carbocycles. The lowest BCUT2D eigenvalue weighted by Crippen LogP contribution is -2.12. The minimum absolute atomic E-state index is 0.184. The van der Waals surface area contributed by atoms with Crippen molar-refractivity contribution in [3.05, 3.63) is 65.9 Å². The van der Waals surface area contributed by atoms with Crippen molar-refractivity contribution in [2.75, 3.05) is 19.0 Å². The predicted molar refractivity (Wildman–Crippen MR) is 111 cm³/mol. The first kappa shape index (κ1) is 20.5. The van der Waals surface area contributed by atoms with Crippen LogP contribution in [0.25, 0.3) is 11.3 Å². The fraction of sp³-hybridized carbons (Fsp3) is 0.261. The summed E-state index contributed by atoms with van der Waals surface area (Å²) in [5.41, 5.74) is 1.83. The molecule has 6 nitrogen and oxygen atoms in total. The number of amides is 1. The standard InChI is InChI=1S/C23H25NO5/c1-3-4-13-28-18-8-5-16(6-9-18)23(26)24-17-7-11-21(27-2)20(14-17)22-12-10-19(15-25)29-22/h5-12,14,25H,3-4,13,15H2,1-2H3,(H,24,26). The topological polar surface area (TPSA) is 80.9 Å². The molecule has 3 rings (SSSR count). The average molecular weight is 395 g/mol. The summed E-state index contributed by atoms with van der Waals surface area (Å²) in [6, 6.07) is 15.8. The Labute approximate surface area is 170 Å². The number of hydrogen-bond acceptors (Lipinski definition) is 5. The van der Waals surface area contributed by atoms with Gasteiger partial charge in [-0.2, -0.15) is 0 Å². The third-order valence-electron chi connectivity index (χ3n) is 4.42. The van der Waals surface area contributed by atoms with E-state index in [1.807, 2.05) is 0 Å². The average Bonchev–Trinajstić information content (AvgIpc) is 3.23. The monoisotopic (exact) mass is 395 g/mol. The first-order valence-electron chi connectivity index (χ1n) is 9.56. The Kier molecular flexibility index (Phi) is 6.92. The zero-order valence-corrected chi connectivity index (χ0v) is 16.6. The van der Waals surface area contributed by atoms with Crippen LogP contribution >= 0.6 is 0 Å². The number of aliphatic hydroxyl groups excluding tert-OH is 1. The zero-order chi connectivity index (χ0) is 20.6. The number of benzene rings is 2. The van der Waals surface area contributed by atoms with Gasteiger partial charge in [-0.1, -0.05) is 13.3 Å². The second-order valence-corrected chi connectivity index (χ2v) is 6.52. The molecular weight excluding hydrogens is 370 g/mol. The molecule has 152 valence electrons. The van der Waals surface area contributed by atoms with Crippen molar-refractivity contribution >= 4 is 11.6 Å². The van der Waals surface area contributed by atoms with Crippen molar-refractivity contribution < 1.29 is 23.8 Å². The molecule has 0 unspecified atom stereocenters. The summed E-state index contributed by atoms with van der Waals surface area (Å²) in [5, 5.41) is 12.1. The summed E-state index contributed by atoms with van der Waals surface area (Å²) in [4.78, 5) is 12.6. The molecule has 0 fully saturated rings. The van der Waals surface area contributed by atoms with Crippen molar-refractivity contribution in [2.24, 2.45) is 0 Å². The largest absolute Gasteiger partial charge is 0.496 e. The van der Waals surface area contributed by atoms with Gasteiger partial charge in [-0.05, 0) is 61.0 Å². The maximum absolute atomic E-state index is 12.6. The molecule has 29 heavy (non-hydrogen) atoms. The number of furan rings is 1. The number of anilines is 1. The van der Waals surface area contributed by atoms with Crippen molar-refractivity contribution in [1.29, 1.82) is 0 Å². The van der Waals surface area contributed by atoms with Crippen LogP contribution in [0.3, 0.4) is 0 Å². The number of hydrogen-bond donors (Lipinski definition) is 2. The molecule has 6 heteroatoms. The second kappa shape index (κ2) is 9.80. The Morgan fingerprint density at radius 2 is 1.90 bits per heavy atom. The fourth-order valence-electron chi connectivity index (χ4n) is 2.83. The Morgan fingerprint density at radius 3 is 2.55 bits per heavy atom. The van der Waals surface area contributed by atoms with Crippen LogP contribution in [0.4, 0.5) is 5.69 Å². The van der Waals surface area contributed by atoms with E-state index in [0.29, 0.717) is 40.7 Å². The van der Waals surface area contributed by atoms with E-state index < -0.39 is 0 Å². The van der Waals surface area contributed by atoms with Gasteiger partial charge in [0.05, 0.1) is 19.3 Å². The highest BCUT2D eigenvalue weighted by atomic mass is 16.5. The first-order valence-corrected chi connectivity index (χ1v) is 9.56. The summed E-state index contributed by atoms with van der Waals surface area (Å²) >= 11 is 0. The third kappa shape index (κ3) is 5.18. The molecule has 2 aromatic carbocycles. The Morgan fingerprint density at radius 1 is 1.10 bits per heavy atom. The van der Waals surface area contributed by atoms with E-state index in [1.54, 1.807) is 61.7 Å². The summed E-state index contributed by atoms with van der Waals surface area (Å²) in [7, 11) is 1.57. The van der Waals surface area contributed by atoms with Gasteiger partial charge in [0.25, 0.3) is 5.91 Å². The van der Waals surface area contributed by atoms with Crippen molar-refractivity contribution in [3.8, 4) is 22.8 Å². The van der Waals surface area contributed by atoms with E-state index in [9.17, 15) is 9.90 Å². The number of nitrogens with one attached hydrogen (secondary N) is 1. The summed E-state index contributed by atoms with van der Waals surface area (Å²) in [5.74, 6) is 2.14. The highest BCUT2D eigenvalue weighted by Crippen LogP contribution is 2.34. The minimum atomic E-state index is -0.225. The number of carbonyl (C=O) groups is 1. The molecule has 0 aliphatic rings.